The molecule has 10 aromatic rings. The number of pyridine rings is 1. The zero-order chi connectivity index (χ0) is 103. The first-order valence-electron chi connectivity index (χ1n) is 51.4. The number of anilines is 10. The predicted molar refractivity (Wildman–Crippen MR) is 568 cm³/mol. The van der Waals surface area contributed by atoms with Crippen molar-refractivity contribution in [3.63, 3.8) is 0 Å². The molecule has 11 N–H and O–H groups in total. The number of aliphatic hydroxyl groups is 1. The van der Waals surface area contributed by atoms with E-state index in [9.17, 15) is 47.4 Å². The van der Waals surface area contributed by atoms with Gasteiger partial charge >= 0.3 is 42.0 Å². The van der Waals surface area contributed by atoms with E-state index in [1.807, 2.05) is 115 Å². The fourth-order valence-corrected chi connectivity index (χ4v) is 18.0. The lowest BCUT2D eigenvalue weighted by molar-refractivity contribution is 0.0516. The summed E-state index contributed by atoms with van der Waals surface area (Å²) < 4.78 is 72.1. The Morgan fingerprint density at radius 2 is 0.607 bits per heavy atom. The Hall–Kier alpha value is -14.2. The summed E-state index contributed by atoms with van der Waals surface area (Å²) in [7, 11) is 4.25. The monoisotopic (exact) mass is 1990 g/mol. The predicted octanol–water partition coefficient (Wildman–Crippen LogP) is 25.2. The minimum Gasteiger partial charge on any atom is -0.497 e. The van der Waals surface area contributed by atoms with E-state index in [0.29, 0.717) is 146 Å². The highest BCUT2D eigenvalue weighted by Gasteiger charge is 2.25. The molecule has 145 heavy (non-hydrogen) atoms. The topological polar surface area (TPSA) is 356 Å². The molecule has 5 saturated carbocycles. The molecule has 0 unspecified atom stereocenters. The highest BCUT2D eigenvalue weighted by molar-refractivity contribution is 5.96. The molecule has 0 amide bonds. The molecule has 0 aliphatic heterocycles. The Labute approximate surface area is 851 Å². The molecule has 15 rings (SSSR count). The Kier molecular flexibility index (Phi) is 46.4. The van der Waals surface area contributed by atoms with Gasteiger partial charge in [0.15, 0.2) is 0 Å². The molecule has 9 aromatic carbocycles. The summed E-state index contributed by atoms with van der Waals surface area (Å²) in [6.07, 6.45) is 31.2. The third-order valence-corrected chi connectivity index (χ3v) is 25.6. The number of nitrogens with zero attached hydrogens (tertiary/aromatic N) is 1. The molecular weight excluding hydrogens is 1850 g/mol. The number of benzene rings is 9. The van der Waals surface area contributed by atoms with Gasteiger partial charge in [0.25, 0.3) is 0 Å². The van der Waals surface area contributed by atoms with Gasteiger partial charge in [-0.2, -0.15) is 0 Å². The zero-order valence-electron chi connectivity index (χ0n) is 85.1. The van der Waals surface area contributed by atoms with E-state index in [1.54, 1.807) is 96.5 Å². The Morgan fingerprint density at radius 1 is 0.297 bits per heavy atom. The number of nitrogens with one attached hydrogen (secondary N) is 10. The van der Waals surface area contributed by atoms with Crippen LogP contribution in [-0.4, -0.2) is 137 Å². The summed E-state index contributed by atoms with van der Waals surface area (Å²) in [6, 6.07) is 59.9. The quantitative estimate of drug-likeness (QED) is 0.00968. The van der Waals surface area contributed by atoms with Crippen LogP contribution in [-0.2, 0) is 72.5 Å². The summed E-state index contributed by atoms with van der Waals surface area (Å²) in [6.45, 7) is 13.2. The maximum Gasteiger partial charge on any atom is 0.513 e. The number of aromatic nitrogens is 1. The SMILES string of the molecule is CCOC(=O)c1ccc(NC2CCCCC2)c(NCc2cc(CO)cc(OC)c2)c1.CCOC(=O)c1ccc(NC2CCCCC2)c(NCc2cc(F)cc(F)c2)c1.CCOC(=O)c1ccc(NC2CCCCC2)c(NCc2ccc(C(=O)OC)cc2)c1.CCOC(=O)c1ccc(NC2CCCCC2)c(NCc2ccc(OC(=O)OC)cc2)c1.CCOC(=O)c1cnc(NC2CCCCC2)c(NCc2ccccc2)c1. The van der Waals surface area contributed by atoms with E-state index < -0.39 is 23.8 Å². The lowest BCUT2D eigenvalue weighted by atomic mass is 9.95. The summed E-state index contributed by atoms with van der Waals surface area (Å²) in [5.41, 5.74) is 16.4. The molecular formula is C115H145F2N11O17. The Balaban J connectivity index is 0.000000173. The first-order chi connectivity index (χ1) is 70.6. The molecule has 0 radical (unpaired) electrons. The van der Waals surface area contributed by atoms with Crippen molar-refractivity contribution >= 4 is 99.0 Å². The molecule has 0 atom stereocenters. The average Bonchev–Trinajstić information content (AvgIpc) is 0.842. The molecule has 5 aliphatic carbocycles. The summed E-state index contributed by atoms with van der Waals surface area (Å²) in [4.78, 5) is 88.1. The minimum atomic E-state index is -0.750. The summed E-state index contributed by atoms with van der Waals surface area (Å²) >= 11 is 0. The van der Waals surface area contributed by atoms with Gasteiger partial charge in [0.05, 0.1) is 146 Å². The number of aliphatic hydroxyl groups excluding tert-OH is 1. The zero-order valence-corrected chi connectivity index (χ0v) is 85.1. The van der Waals surface area contributed by atoms with Crippen LogP contribution >= 0.6 is 0 Å². The number of hydrogen-bond acceptors (Lipinski definition) is 28. The van der Waals surface area contributed by atoms with E-state index >= 15 is 0 Å². The van der Waals surface area contributed by atoms with Gasteiger partial charge in [-0.15, -0.1) is 0 Å². The normalized spacial score (nSPS) is 14.3. The second-order valence-electron chi connectivity index (χ2n) is 36.4. The van der Waals surface area contributed by atoms with Gasteiger partial charge in [-0.05, 0) is 260 Å². The van der Waals surface area contributed by atoms with Crippen LogP contribution in [0.5, 0.6) is 11.5 Å². The van der Waals surface area contributed by atoms with Crippen LogP contribution in [0.4, 0.5) is 70.6 Å². The number of halogens is 2. The van der Waals surface area contributed by atoms with Crippen molar-refractivity contribution in [2.24, 2.45) is 0 Å². The molecule has 5 fully saturated rings. The second kappa shape index (κ2) is 60.4. The van der Waals surface area contributed by atoms with Crippen molar-refractivity contribution in [1.82, 2.24) is 4.98 Å². The van der Waals surface area contributed by atoms with Crippen molar-refractivity contribution in [2.45, 2.75) is 265 Å². The number of carbonyl (C=O) groups excluding carboxylic acids is 7. The van der Waals surface area contributed by atoms with Gasteiger partial charge in [0.2, 0.25) is 0 Å². The van der Waals surface area contributed by atoms with E-state index in [0.717, 1.165) is 131 Å². The van der Waals surface area contributed by atoms with Crippen LogP contribution in [0.15, 0.2) is 200 Å². The fraction of sp³-hybridized carbons (Fsp3) is 0.426. The van der Waals surface area contributed by atoms with Crippen LogP contribution in [0, 0.1) is 11.6 Å². The fourth-order valence-electron chi connectivity index (χ4n) is 18.0. The van der Waals surface area contributed by atoms with Crippen LogP contribution in [0.2, 0.25) is 0 Å². The van der Waals surface area contributed by atoms with E-state index in [2.05, 4.69) is 75.0 Å². The smallest absolute Gasteiger partial charge is 0.497 e. The number of ether oxygens (including phenoxy) is 9. The average molecular weight is 1990 g/mol. The van der Waals surface area contributed by atoms with Crippen molar-refractivity contribution in [2.75, 3.05) is 108 Å². The van der Waals surface area contributed by atoms with Gasteiger partial charge in [-0.25, -0.2) is 47.3 Å². The number of methoxy groups -OCH3 is 3. The molecule has 0 bridgehead atoms. The van der Waals surface area contributed by atoms with E-state index in [1.165, 1.54) is 141 Å². The lowest BCUT2D eigenvalue weighted by Gasteiger charge is -2.25. The third-order valence-electron chi connectivity index (χ3n) is 25.6. The largest absolute Gasteiger partial charge is 0.513 e. The van der Waals surface area contributed by atoms with Crippen LogP contribution in [0.3, 0.4) is 0 Å². The second-order valence-corrected chi connectivity index (χ2v) is 36.4. The van der Waals surface area contributed by atoms with Crippen LogP contribution in [0.1, 0.15) is 291 Å². The van der Waals surface area contributed by atoms with Crippen molar-refractivity contribution < 1.29 is 90.1 Å². The van der Waals surface area contributed by atoms with Crippen molar-refractivity contribution in [3.05, 3.63) is 279 Å². The van der Waals surface area contributed by atoms with Crippen molar-refractivity contribution in [1.29, 1.82) is 0 Å². The number of rotatable bonds is 39. The maximum absolute atomic E-state index is 13.5. The maximum atomic E-state index is 13.5. The minimum absolute atomic E-state index is 0.0446. The Bertz CT molecular complexity index is 5690. The van der Waals surface area contributed by atoms with Crippen LogP contribution in [0.25, 0.3) is 0 Å². The van der Waals surface area contributed by atoms with Gasteiger partial charge in [-0.3, -0.25) is 0 Å². The van der Waals surface area contributed by atoms with Gasteiger partial charge in [0, 0.05) is 75.2 Å². The third kappa shape index (κ3) is 37.2. The summed E-state index contributed by atoms with van der Waals surface area (Å²) in [5.74, 6) is -1.37. The molecule has 0 saturated heterocycles. The molecule has 5 aliphatic rings. The van der Waals surface area contributed by atoms with E-state index in [-0.39, 0.29) is 43.0 Å². The molecule has 28 nitrogen and oxygen atoms in total. The molecule has 1 aromatic heterocycles. The van der Waals surface area contributed by atoms with Gasteiger partial charge in [-0.1, -0.05) is 157 Å². The number of hydrogen-bond donors (Lipinski definition) is 11. The summed E-state index contributed by atoms with van der Waals surface area (Å²) in [5, 5.41) is 44.5. The molecule has 776 valence electrons. The van der Waals surface area contributed by atoms with Gasteiger partial charge < -0.3 is 101 Å². The molecule has 30 heteroatoms. The number of esters is 6. The Morgan fingerprint density at radius 3 is 0.952 bits per heavy atom. The first kappa shape index (κ1) is 111. The van der Waals surface area contributed by atoms with Crippen LogP contribution < -0.4 is 62.6 Å². The molecule has 1 heterocycles. The van der Waals surface area contributed by atoms with Gasteiger partial charge in [0.1, 0.15) is 29.0 Å². The first-order valence-corrected chi connectivity index (χ1v) is 51.4. The standard InChI is InChI=1S/C24H30N2O5.C24H30N2O4.C24H32N2O4.C22H26F2N2O2.C21H27N3O2/c1-3-30-23(27)18-11-14-21(26-19-7-5-4-6-8-19)22(15-18)25-16-17-9-12-20(13-10-17)31-24(28)29-2;1-3-30-24(28)19-13-14-21(26-20-7-5-4-6-8-20)22(15-19)25-16-17-9-11-18(12-10-17)23(27)29-2;1-3-30-24(28)19-9-10-22(26-20-7-5-4-6-8-20)23(14-19)25-15-17-11-18(16-27)13-21(12-17)29-2;1-2-28-22(27)16-8-9-20(26-19-6-4-3-5-7-19)21(12-16)25-14-15-10-17(23)13-18(24)11-15;1-2-26-21(25)17-13-19(22-14-16-9-5-3-6-10-16)20(23-15-17)24-18-11-7-4-8-12-18/h9-15,19,25-26H,3-8,16H2,1-2H3;9-15,20,25-26H,3-8,16H2,1-2H3;9-14,20,25-27H,3-8,15-16H2,1-2H3;8-13,19,25-26H,2-7,14H2,1H3;3,5-6,9-10,13,15,18,22H,2,4,7-8,11-12,14H2,1H3,(H,23,24). The highest BCUT2D eigenvalue weighted by Crippen LogP contribution is 2.37. The number of carbonyl (C=O) groups is 7. The van der Waals surface area contributed by atoms with Crippen molar-refractivity contribution in [3.8, 4) is 11.5 Å². The highest BCUT2D eigenvalue weighted by atomic mass is 19.1. The lowest BCUT2D eigenvalue weighted by Crippen LogP contribution is -2.23. The van der Waals surface area contributed by atoms with E-state index in [4.69, 9.17) is 37.9 Å². The molecule has 0 spiro atoms.